The van der Waals surface area contributed by atoms with E-state index in [-0.39, 0.29) is 21.6 Å². The standard InChI is InChI=1S/C18H20ClN3O4S/c1-14(15-5-4-6-16(13-15)22(23)24)20-9-11-21(12-10-20)27(25,26)18-8-3-2-7-17(18)19/h2-8,13-14H,9-12H2,1H3/t14-/m0/s1. The van der Waals surface area contributed by atoms with E-state index in [1.165, 1.54) is 16.4 Å². The Morgan fingerprint density at radius 2 is 1.74 bits per heavy atom. The van der Waals surface area contributed by atoms with Crippen molar-refractivity contribution in [2.24, 2.45) is 0 Å². The smallest absolute Gasteiger partial charge is 0.269 e. The van der Waals surface area contributed by atoms with Crippen LogP contribution >= 0.6 is 11.6 Å². The highest BCUT2D eigenvalue weighted by atomic mass is 35.5. The van der Waals surface area contributed by atoms with Crippen molar-refractivity contribution < 1.29 is 13.3 Å². The molecule has 0 radical (unpaired) electrons. The molecular weight excluding hydrogens is 390 g/mol. The number of nitro benzene ring substituents is 1. The van der Waals surface area contributed by atoms with Gasteiger partial charge in [-0.05, 0) is 24.6 Å². The zero-order chi connectivity index (χ0) is 19.6. The van der Waals surface area contributed by atoms with Crippen LogP contribution in [0.25, 0.3) is 0 Å². The van der Waals surface area contributed by atoms with Gasteiger partial charge in [-0.3, -0.25) is 15.0 Å². The Kier molecular flexibility index (Phi) is 5.81. The molecular formula is C18H20ClN3O4S. The van der Waals surface area contributed by atoms with Gasteiger partial charge in [-0.2, -0.15) is 4.31 Å². The monoisotopic (exact) mass is 409 g/mol. The summed E-state index contributed by atoms with van der Waals surface area (Å²) in [5.41, 5.74) is 0.894. The lowest BCUT2D eigenvalue weighted by atomic mass is 10.1. The van der Waals surface area contributed by atoms with Crippen molar-refractivity contribution in [2.45, 2.75) is 17.9 Å². The summed E-state index contributed by atoms with van der Waals surface area (Å²) in [6.07, 6.45) is 0. The van der Waals surface area contributed by atoms with Gasteiger partial charge in [-0.1, -0.05) is 35.9 Å². The third-order valence-electron chi connectivity index (χ3n) is 4.84. The zero-order valence-corrected chi connectivity index (χ0v) is 16.4. The highest BCUT2D eigenvalue weighted by Gasteiger charge is 2.31. The molecule has 9 heteroatoms. The normalized spacial score (nSPS) is 17.6. The Bertz CT molecular complexity index is 943. The molecule has 1 heterocycles. The molecule has 1 aliphatic heterocycles. The van der Waals surface area contributed by atoms with Crippen molar-refractivity contribution in [3.63, 3.8) is 0 Å². The Balaban J connectivity index is 1.71. The second-order valence-electron chi connectivity index (χ2n) is 6.40. The molecule has 27 heavy (non-hydrogen) atoms. The van der Waals surface area contributed by atoms with E-state index in [0.29, 0.717) is 26.2 Å². The summed E-state index contributed by atoms with van der Waals surface area (Å²) in [6, 6.07) is 12.9. The van der Waals surface area contributed by atoms with Gasteiger partial charge >= 0.3 is 0 Å². The highest BCUT2D eigenvalue weighted by molar-refractivity contribution is 7.89. The molecule has 3 rings (SSSR count). The predicted octanol–water partition coefficient (Wildman–Crippen LogP) is 3.32. The van der Waals surface area contributed by atoms with Crippen LogP contribution in [0.1, 0.15) is 18.5 Å². The maximum Gasteiger partial charge on any atom is 0.269 e. The molecule has 2 aromatic rings. The Morgan fingerprint density at radius 1 is 1.07 bits per heavy atom. The second kappa shape index (κ2) is 7.93. The molecule has 0 saturated carbocycles. The van der Waals surface area contributed by atoms with E-state index in [1.807, 2.05) is 13.0 Å². The van der Waals surface area contributed by atoms with E-state index < -0.39 is 14.9 Å². The average Bonchev–Trinajstić information content (AvgIpc) is 2.68. The van der Waals surface area contributed by atoms with Gasteiger partial charge in [0.25, 0.3) is 5.69 Å². The van der Waals surface area contributed by atoms with E-state index in [1.54, 1.807) is 30.3 Å². The number of nitrogens with zero attached hydrogens (tertiary/aromatic N) is 3. The summed E-state index contributed by atoms with van der Waals surface area (Å²) in [4.78, 5) is 12.8. The van der Waals surface area contributed by atoms with E-state index in [9.17, 15) is 18.5 Å². The Labute approximate surface area is 163 Å². The first-order chi connectivity index (χ1) is 12.8. The molecule has 1 aliphatic rings. The van der Waals surface area contributed by atoms with Crippen LogP contribution in [-0.4, -0.2) is 48.7 Å². The summed E-state index contributed by atoms with van der Waals surface area (Å²) in [5, 5.41) is 11.2. The molecule has 7 nitrogen and oxygen atoms in total. The minimum absolute atomic E-state index is 0.0462. The number of hydrogen-bond acceptors (Lipinski definition) is 5. The number of rotatable bonds is 5. The number of non-ortho nitro benzene ring substituents is 1. The molecule has 0 N–H and O–H groups in total. The van der Waals surface area contributed by atoms with Crippen LogP contribution in [0.2, 0.25) is 5.02 Å². The summed E-state index contributed by atoms with van der Waals surface area (Å²) in [6.45, 7) is 3.72. The molecule has 1 saturated heterocycles. The molecule has 0 unspecified atom stereocenters. The average molecular weight is 410 g/mol. The lowest BCUT2D eigenvalue weighted by molar-refractivity contribution is -0.385. The minimum atomic E-state index is -3.64. The maximum atomic E-state index is 12.8. The van der Waals surface area contributed by atoms with Gasteiger partial charge in [0.15, 0.2) is 0 Å². The van der Waals surface area contributed by atoms with Crippen LogP contribution in [0.4, 0.5) is 5.69 Å². The molecule has 144 valence electrons. The predicted molar refractivity (Wildman–Crippen MR) is 103 cm³/mol. The molecule has 0 aliphatic carbocycles. The van der Waals surface area contributed by atoms with Gasteiger partial charge in [0.1, 0.15) is 4.90 Å². The topological polar surface area (TPSA) is 83.8 Å². The third kappa shape index (κ3) is 4.14. The summed E-state index contributed by atoms with van der Waals surface area (Å²) < 4.78 is 27.1. The van der Waals surface area contributed by atoms with Gasteiger partial charge in [0.2, 0.25) is 10.0 Å². The van der Waals surface area contributed by atoms with Crippen molar-refractivity contribution >= 4 is 27.3 Å². The molecule has 0 aromatic heterocycles. The lowest BCUT2D eigenvalue weighted by Gasteiger charge is -2.37. The van der Waals surface area contributed by atoms with Crippen LogP contribution < -0.4 is 0 Å². The molecule has 2 aromatic carbocycles. The molecule has 1 atom stereocenters. The molecule has 0 spiro atoms. The van der Waals surface area contributed by atoms with Crippen molar-refractivity contribution in [1.82, 2.24) is 9.21 Å². The Hall–Kier alpha value is -2.00. The van der Waals surface area contributed by atoms with Crippen molar-refractivity contribution in [3.8, 4) is 0 Å². The quantitative estimate of drug-likeness (QED) is 0.558. The van der Waals surface area contributed by atoms with E-state index >= 15 is 0 Å². The van der Waals surface area contributed by atoms with Gasteiger partial charge < -0.3 is 0 Å². The van der Waals surface area contributed by atoms with Gasteiger partial charge in [0, 0.05) is 44.4 Å². The minimum Gasteiger partial charge on any atom is -0.294 e. The van der Waals surface area contributed by atoms with E-state index in [2.05, 4.69) is 4.90 Å². The summed E-state index contributed by atoms with van der Waals surface area (Å²) in [7, 11) is -3.64. The van der Waals surface area contributed by atoms with Crippen molar-refractivity contribution in [1.29, 1.82) is 0 Å². The fraction of sp³-hybridized carbons (Fsp3) is 0.333. The fourth-order valence-electron chi connectivity index (χ4n) is 3.23. The largest absolute Gasteiger partial charge is 0.294 e. The van der Waals surface area contributed by atoms with Gasteiger partial charge in [-0.25, -0.2) is 8.42 Å². The van der Waals surface area contributed by atoms with Crippen LogP contribution in [0.5, 0.6) is 0 Å². The number of nitro groups is 1. The number of halogens is 1. The highest BCUT2D eigenvalue weighted by Crippen LogP contribution is 2.28. The van der Waals surface area contributed by atoms with Crippen LogP contribution in [0, 0.1) is 10.1 Å². The zero-order valence-electron chi connectivity index (χ0n) is 14.8. The molecule has 0 amide bonds. The molecule has 1 fully saturated rings. The van der Waals surface area contributed by atoms with Gasteiger partial charge in [-0.15, -0.1) is 0 Å². The first-order valence-corrected chi connectivity index (χ1v) is 10.4. The Morgan fingerprint density at radius 3 is 2.37 bits per heavy atom. The summed E-state index contributed by atoms with van der Waals surface area (Å²) in [5.74, 6) is 0. The molecule has 0 bridgehead atoms. The summed E-state index contributed by atoms with van der Waals surface area (Å²) >= 11 is 6.06. The van der Waals surface area contributed by atoms with Crippen LogP contribution in [-0.2, 0) is 10.0 Å². The first-order valence-electron chi connectivity index (χ1n) is 8.54. The SMILES string of the molecule is C[C@@H](c1cccc([N+](=O)[O-])c1)N1CCN(S(=O)(=O)c2ccccc2Cl)CC1. The van der Waals surface area contributed by atoms with E-state index in [0.717, 1.165) is 5.56 Å². The van der Waals surface area contributed by atoms with Crippen molar-refractivity contribution in [3.05, 3.63) is 69.2 Å². The van der Waals surface area contributed by atoms with E-state index in [4.69, 9.17) is 11.6 Å². The maximum absolute atomic E-state index is 12.8. The lowest BCUT2D eigenvalue weighted by Crippen LogP contribution is -2.49. The fourth-order valence-corrected chi connectivity index (χ4v) is 5.15. The van der Waals surface area contributed by atoms with Crippen molar-refractivity contribution in [2.75, 3.05) is 26.2 Å². The van der Waals surface area contributed by atoms with Crippen LogP contribution in [0.3, 0.4) is 0 Å². The number of hydrogen-bond donors (Lipinski definition) is 0. The third-order valence-corrected chi connectivity index (χ3v) is 7.24. The van der Waals surface area contributed by atoms with Crippen LogP contribution in [0.15, 0.2) is 53.4 Å². The van der Waals surface area contributed by atoms with Gasteiger partial charge in [0.05, 0.1) is 9.95 Å². The number of sulfonamides is 1. The second-order valence-corrected chi connectivity index (χ2v) is 8.71. The number of piperazine rings is 1. The number of benzene rings is 2. The first kappa shape index (κ1) is 19.8.